The van der Waals surface area contributed by atoms with Crippen LogP contribution in [0.5, 0.6) is 0 Å². The van der Waals surface area contributed by atoms with Crippen LogP contribution in [0.2, 0.25) is 0 Å². The molecule has 1 aromatic carbocycles. The van der Waals surface area contributed by atoms with Crippen LogP contribution in [0.1, 0.15) is 19.8 Å². The van der Waals surface area contributed by atoms with E-state index in [4.69, 9.17) is 9.47 Å². The summed E-state index contributed by atoms with van der Waals surface area (Å²) in [7, 11) is -4.16. The first-order valence-electron chi connectivity index (χ1n) is 9.30. The minimum absolute atomic E-state index is 0.0364. The van der Waals surface area contributed by atoms with Crippen molar-refractivity contribution in [2.24, 2.45) is 5.92 Å². The SMILES string of the molecule is CCOC(=O)[C@H]1C=CN(S(=O)(=O)c2ccc([N+](=O)[O-])cc2)[C@@H](O[C@H]2CCNC2=O)C1. The predicted octanol–water partition coefficient (Wildman–Crippen LogP) is 0.913. The zero-order valence-electron chi connectivity index (χ0n) is 16.1. The van der Waals surface area contributed by atoms with Crippen LogP contribution in [-0.2, 0) is 29.1 Å². The summed E-state index contributed by atoms with van der Waals surface area (Å²) >= 11 is 0. The maximum Gasteiger partial charge on any atom is 0.313 e. The fourth-order valence-corrected chi connectivity index (χ4v) is 4.61. The van der Waals surface area contributed by atoms with Crippen LogP contribution >= 0.6 is 0 Å². The number of ether oxygens (including phenoxy) is 2. The third kappa shape index (κ3) is 4.44. The van der Waals surface area contributed by atoms with Gasteiger partial charge in [-0.1, -0.05) is 6.08 Å². The van der Waals surface area contributed by atoms with E-state index in [2.05, 4.69) is 5.32 Å². The zero-order valence-corrected chi connectivity index (χ0v) is 16.9. The molecule has 0 aromatic heterocycles. The van der Waals surface area contributed by atoms with Gasteiger partial charge in [0.2, 0.25) is 5.91 Å². The highest BCUT2D eigenvalue weighted by Crippen LogP contribution is 2.30. The number of nitrogens with one attached hydrogen (secondary N) is 1. The van der Waals surface area contributed by atoms with E-state index in [1.54, 1.807) is 6.92 Å². The number of nitrogens with zero attached hydrogens (tertiary/aromatic N) is 2. The van der Waals surface area contributed by atoms with Gasteiger partial charge >= 0.3 is 5.97 Å². The highest BCUT2D eigenvalue weighted by atomic mass is 32.2. The number of nitro benzene ring substituents is 1. The monoisotopic (exact) mass is 439 g/mol. The first kappa shape index (κ1) is 21.7. The summed E-state index contributed by atoms with van der Waals surface area (Å²) in [4.78, 5) is 34.1. The summed E-state index contributed by atoms with van der Waals surface area (Å²) in [6, 6.07) is 4.42. The van der Waals surface area contributed by atoms with Crippen molar-refractivity contribution in [3.8, 4) is 0 Å². The topological polar surface area (TPSA) is 145 Å². The van der Waals surface area contributed by atoms with Crippen molar-refractivity contribution in [2.45, 2.75) is 37.0 Å². The second kappa shape index (κ2) is 8.79. The summed E-state index contributed by atoms with van der Waals surface area (Å²) in [5.74, 6) is -1.61. The van der Waals surface area contributed by atoms with Gasteiger partial charge in [0.1, 0.15) is 12.3 Å². The Morgan fingerprint density at radius 2 is 2.03 bits per heavy atom. The number of carbonyl (C=O) groups is 2. The van der Waals surface area contributed by atoms with Crippen LogP contribution in [0.25, 0.3) is 0 Å². The van der Waals surface area contributed by atoms with Crippen molar-refractivity contribution in [2.75, 3.05) is 13.2 Å². The van der Waals surface area contributed by atoms with Crippen molar-refractivity contribution >= 4 is 27.6 Å². The van der Waals surface area contributed by atoms with Gasteiger partial charge in [0.05, 0.1) is 22.3 Å². The van der Waals surface area contributed by atoms with Crippen molar-refractivity contribution in [3.05, 3.63) is 46.7 Å². The van der Waals surface area contributed by atoms with Gasteiger partial charge in [0.25, 0.3) is 15.7 Å². The molecule has 1 fully saturated rings. The summed E-state index contributed by atoms with van der Waals surface area (Å²) in [6.45, 7) is 2.24. The van der Waals surface area contributed by atoms with Gasteiger partial charge in [-0.2, -0.15) is 0 Å². The van der Waals surface area contributed by atoms with E-state index in [-0.39, 0.29) is 29.5 Å². The molecule has 2 heterocycles. The van der Waals surface area contributed by atoms with Crippen LogP contribution < -0.4 is 5.32 Å². The Labute approximate surface area is 172 Å². The molecule has 0 bridgehead atoms. The number of carbonyl (C=O) groups excluding carboxylic acids is 2. The maximum absolute atomic E-state index is 13.1. The molecular weight excluding hydrogens is 418 g/mol. The van der Waals surface area contributed by atoms with Crippen LogP contribution in [0.4, 0.5) is 5.69 Å². The summed E-state index contributed by atoms with van der Waals surface area (Å²) in [6.07, 6.45) is 0.965. The number of non-ortho nitro benzene ring substituents is 1. The van der Waals surface area contributed by atoms with Gasteiger partial charge in [-0.05, 0) is 19.1 Å². The van der Waals surface area contributed by atoms with Gasteiger partial charge in [-0.15, -0.1) is 0 Å². The lowest BCUT2D eigenvalue weighted by molar-refractivity contribution is -0.384. The maximum atomic E-state index is 13.1. The lowest BCUT2D eigenvalue weighted by Crippen LogP contribution is -2.45. The number of esters is 1. The number of hydrogen-bond donors (Lipinski definition) is 1. The molecule has 1 aromatic rings. The van der Waals surface area contributed by atoms with Crippen LogP contribution in [0.15, 0.2) is 41.4 Å². The lowest BCUT2D eigenvalue weighted by Gasteiger charge is -2.35. The van der Waals surface area contributed by atoms with E-state index in [9.17, 15) is 28.1 Å². The number of rotatable bonds is 7. The molecule has 30 heavy (non-hydrogen) atoms. The lowest BCUT2D eigenvalue weighted by atomic mass is 10.0. The van der Waals surface area contributed by atoms with Crippen molar-refractivity contribution in [1.29, 1.82) is 0 Å². The molecule has 3 rings (SSSR count). The summed E-state index contributed by atoms with van der Waals surface area (Å²) in [5, 5.41) is 13.4. The Kier molecular flexibility index (Phi) is 6.37. The van der Waals surface area contributed by atoms with Crippen LogP contribution in [-0.4, -0.2) is 55.0 Å². The predicted molar refractivity (Wildman–Crippen MR) is 102 cm³/mol. The molecule has 0 spiro atoms. The third-order valence-corrected chi connectivity index (χ3v) is 6.52. The van der Waals surface area contributed by atoms with E-state index >= 15 is 0 Å². The quantitative estimate of drug-likeness (QED) is 0.375. The Morgan fingerprint density at radius 3 is 2.60 bits per heavy atom. The molecule has 1 amide bonds. The summed E-state index contributed by atoms with van der Waals surface area (Å²) in [5.41, 5.74) is -0.249. The van der Waals surface area contributed by atoms with Crippen LogP contribution in [0, 0.1) is 16.0 Å². The van der Waals surface area contributed by atoms with Crippen molar-refractivity contribution in [1.82, 2.24) is 9.62 Å². The van der Waals surface area contributed by atoms with Gasteiger partial charge < -0.3 is 14.8 Å². The first-order valence-corrected chi connectivity index (χ1v) is 10.7. The van der Waals surface area contributed by atoms with Crippen molar-refractivity contribution < 1.29 is 32.4 Å². The minimum Gasteiger partial charge on any atom is -0.466 e. The Morgan fingerprint density at radius 1 is 1.33 bits per heavy atom. The highest BCUT2D eigenvalue weighted by Gasteiger charge is 2.39. The second-order valence-electron chi connectivity index (χ2n) is 6.68. The Balaban J connectivity index is 1.91. The fourth-order valence-electron chi connectivity index (χ4n) is 3.21. The molecule has 0 radical (unpaired) electrons. The molecule has 0 unspecified atom stereocenters. The Hall–Kier alpha value is -2.99. The van der Waals surface area contributed by atoms with Gasteiger partial charge in [0, 0.05) is 37.7 Å². The Bertz CT molecular complexity index is 960. The molecule has 2 aliphatic rings. The molecule has 11 nitrogen and oxygen atoms in total. The van der Waals surface area contributed by atoms with Gasteiger partial charge in [0.15, 0.2) is 0 Å². The molecule has 12 heteroatoms. The molecule has 1 saturated heterocycles. The molecule has 3 atom stereocenters. The van der Waals surface area contributed by atoms with E-state index in [0.717, 1.165) is 28.6 Å². The molecular formula is C18H21N3O8S. The number of nitro groups is 1. The second-order valence-corrected chi connectivity index (χ2v) is 8.52. The summed E-state index contributed by atoms with van der Waals surface area (Å²) < 4.78 is 38.0. The normalized spacial score (nSPS) is 23.8. The number of amides is 1. The van der Waals surface area contributed by atoms with E-state index in [1.165, 1.54) is 12.3 Å². The fraction of sp³-hybridized carbons (Fsp3) is 0.444. The smallest absolute Gasteiger partial charge is 0.313 e. The molecule has 162 valence electrons. The minimum atomic E-state index is -4.16. The van der Waals surface area contributed by atoms with E-state index < -0.39 is 39.2 Å². The van der Waals surface area contributed by atoms with Gasteiger partial charge in [-0.25, -0.2) is 12.7 Å². The van der Waals surface area contributed by atoms with Crippen LogP contribution in [0.3, 0.4) is 0 Å². The number of benzene rings is 1. The van der Waals surface area contributed by atoms with Gasteiger partial charge in [-0.3, -0.25) is 19.7 Å². The molecule has 0 aliphatic carbocycles. The first-order chi connectivity index (χ1) is 14.2. The van der Waals surface area contributed by atoms with Crippen molar-refractivity contribution in [3.63, 3.8) is 0 Å². The molecule has 0 saturated carbocycles. The standard InChI is InChI=1S/C18H21N3O8S/c1-2-28-18(23)12-8-10-20(16(11-12)29-15-7-9-19-17(15)22)30(26,27)14-5-3-13(4-6-14)21(24)25/h3-6,8,10,12,15-16H,2,7,9,11H2,1H3,(H,19,22)/t12-,15-,16-/m0/s1. The average molecular weight is 439 g/mol. The van der Waals surface area contributed by atoms with E-state index in [0.29, 0.717) is 13.0 Å². The number of hydrogen-bond acceptors (Lipinski definition) is 8. The largest absolute Gasteiger partial charge is 0.466 e. The highest BCUT2D eigenvalue weighted by molar-refractivity contribution is 7.89. The average Bonchev–Trinajstić information content (AvgIpc) is 3.12. The van der Waals surface area contributed by atoms with E-state index in [1.807, 2.05) is 0 Å². The molecule has 1 N–H and O–H groups in total. The molecule has 2 aliphatic heterocycles. The third-order valence-electron chi connectivity index (χ3n) is 4.74. The number of sulfonamides is 1. The zero-order chi connectivity index (χ0) is 21.9.